The van der Waals surface area contributed by atoms with Crippen molar-refractivity contribution < 1.29 is 9.53 Å². The third kappa shape index (κ3) is 7.06. The molecule has 1 amide bonds. The van der Waals surface area contributed by atoms with Crippen LogP contribution in [0, 0.1) is 5.92 Å². The number of carbonyl (C=O) groups is 1. The van der Waals surface area contributed by atoms with Gasteiger partial charge >= 0.3 is 0 Å². The maximum Gasteiger partial charge on any atom is 0.225 e. The standard InChI is InChI=1S/C22H36N4O2/c1-5-6-15-28-20-9-7-18(8-10-20)11-13-24-22(23-4)25-19-12-14-26(16-19)21(27)17(2)3/h7-10,17,19H,5-6,11-16H2,1-4H3,(H2,23,24,25). The Labute approximate surface area is 169 Å². The average molecular weight is 389 g/mol. The number of hydrogen-bond acceptors (Lipinski definition) is 3. The third-order valence-corrected chi connectivity index (χ3v) is 4.95. The van der Waals surface area contributed by atoms with Crippen molar-refractivity contribution in [2.75, 3.05) is 33.3 Å². The average Bonchev–Trinajstić information content (AvgIpc) is 3.16. The summed E-state index contributed by atoms with van der Waals surface area (Å²) in [4.78, 5) is 18.4. The van der Waals surface area contributed by atoms with Crippen LogP contribution < -0.4 is 15.4 Å². The van der Waals surface area contributed by atoms with E-state index in [0.717, 1.165) is 63.6 Å². The lowest BCUT2D eigenvalue weighted by Crippen LogP contribution is -2.45. The van der Waals surface area contributed by atoms with Gasteiger partial charge < -0.3 is 20.3 Å². The summed E-state index contributed by atoms with van der Waals surface area (Å²) >= 11 is 0. The number of guanidine groups is 1. The molecule has 0 radical (unpaired) electrons. The molecule has 1 fully saturated rings. The van der Waals surface area contributed by atoms with Crippen LogP contribution in [0.3, 0.4) is 0 Å². The highest BCUT2D eigenvalue weighted by Gasteiger charge is 2.27. The number of nitrogens with one attached hydrogen (secondary N) is 2. The Hall–Kier alpha value is -2.24. The SMILES string of the molecule is CCCCOc1ccc(CCNC(=NC)NC2CCN(C(=O)C(C)C)C2)cc1. The highest BCUT2D eigenvalue weighted by atomic mass is 16.5. The topological polar surface area (TPSA) is 66.0 Å². The van der Waals surface area contributed by atoms with E-state index >= 15 is 0 Å². The molecule has 0 aromatic heterocycles. The Morgan fingerprint density at radius 3 is 2.71 bits per heavy atom. The molecule has 6 nitrogen and oxygen atoms in total. The Balaban J connectivity index is 1.70. The van der Waals surface area contributed by atoms with Crippen molar-refractivity contribution in [2.45, 2.75) is 52.5 Å². The van der Waals surface area contributed by atoms with Gasteiger partial charge in [0.05, 0.1) is 6.61 Å². The van der Waals surface area contributed by atoms with Crippen molar-refractivity contribution in [3.63, 3.8) is 0 Å². The third-order valence-electron chi connectivity index (χ3n) is 4.95. The maximum absolute atomic E-state index is 12.1. The Kier molecular flexibility index (Phi) is 9.11. The maximum atomic E-state index is 12.1. The van der Waals surface area contributed by atoms with Crippen LogP contribution in [0.15, 0.2) is 29.3 Å². The van der Waals surface area contributed by atoms with Crippen LogP contribution in [0.5, 0.6) is 5.75 Å². The van der Waals surface area contributed by atoms with E-state index in [1.165, 1.54) is 5.56 Å². The number of aliphatic imine (C=N–C) groups is 1. The van der Waals surface area contributed by atoms with Crippen LogP contribution in [-0.2, 0) is 11.2 Å². The molecule has 1 aromatic rings. The molecule has 0 spiro atoms. The Morgan fingerprint density at radius 2 is 2.07 bits per heavy atom. The van der Waals surface area contributed by atoms with E-state index in [-0.39, 0.29) is 17.9 Å². The lowest BCUT2D eigenvalue weighted by Gasteiger charge is -2.20. The minimum atomic E-state index is 0.0552. The minimum absolute atomic E-state index is 0.0552. The summed E-state index contributed by atoms with van der Waals surface area (Å²) in [5.74, 6) is 2.02. The Bertz CT molecular complexity index is 628. The molecule has 6 heteroatoms. The van der Waals surface area contributed by atoms with E-state index < -0.39 is 0 Å². The fourth-order valence-corrected chi connectivity index (χ4v) is 3.24. The number of benzene rings is 1. The predicted octanol–water partition coefficient (Wildman–Crippen LogP) is 2.83. The van der Waals surface area contributed by atoms with Crippen LogP contribution in [0.2, 0.25) is 0 Å². The summed E-state index contributed by atoms with van der Waals surface area (Å²) < 4.78 is 5.70. The van der Waals surface area contributed by atoms with Crippen LogP contribution in [0.1, 0.15) is 45.6 Å². The zero-order valence-electron chi connectivity index (χ0n) is 17.8. The molecule has 28 heavy (non-hydrogen) atoms. The first-order valence-corrected chi connectivity index (χ1v) is 10.5. The second-order valence-electron chi connectivity index (χ2n) is 7.66. The molecule has 2 rings (SSSR count). The zero-order chi connectivity index (χ0) is 20.4. The number of carbonyl (C=O) groups excluding carboxylic acids is 1. The molecule has 1 saturated heterocycles. The molecule has 1 aliphatic rings. The van der Waals surface area contributed by atoms with Crippen LogP contribution >= 0.6 is 0 Å². The second kappa shape index (κ2) is 11.6. The number of unbranched alkanes of at least 4 members (excludes halogenated alkanes) is 1. The van der Waals surface area contributed by atoms with Crippen molar-refractivity contribution in [1.29, 1.82) is 0 Å². The normalized spacial score (nSPS) is 17.1. The number of hydrogen-bond donors (Lipinski definition) is 2. The molecule has 1 unspecified atom stereocenters. The van der Waals surface area contributed by atoms with Gasteiger partial charge in [-0.25, -0.2) is 0 Å². The molecule has 0 bridgehead atoms. The summed E-state index contributed by atoms with van der Waals surface area (Å²) in [6.07, 6.45) is 4.10. The second-order valence-corrected chi connectivity index (χ2v) is 7.66. The number of rotatable bonds is 9. The van der Waals surface area contributed by atoms with Gasteiger partial charge in [0, 0.05) is 38.6 Å². The smallest absolute Gasteiger partial charge is 0.225 e. The van der Waals surface area contributed by atoms with Crippen LogP contribution in [0.4, 0.5) is 0 Å². The fourth-order valence-electron chi connectivity index (χ4n) is 3.24. The highest BCUT2D eigenvalue weighted by molar-refractivity contribution is 5.81. The fraction of sp³-hybridized carbons (Fsp3) is 0.636. The van der Waals surface area contributed by atoms with E-state index in [9.17, 15) is 4.79 Å². The van der Waals surface area contributed by atoms with Gasteiger partial charge in [-0.3, -0.25) is 9.79 Å². The van der Waals surface area contributed by atoms with E-state index in [1.54, 1.807) is 7.05 Å². The molecule has 1 heterocycles. The summed E-state index contributed by atoms with van der Waals surface area (Å²) in [6.45, 7) is 9.21. The van der Waals surface area contributed by atoms with Gasteiger partial charge in [0.1, 0.15) is 5.75 Å². The number of amides is 1. The van der Waals surface area contributed by atoms with Crippen LogP contribution in [0.25, 0.3) is 0 Å². The number of likely N-dealkylation sites (tertiary alicyclic amines) is 1. The van der Waals surface area contributed by atoms with Gasteiger partial charge in [0.2, 0.25) is 5.91 Å². The van der Waals surface area contributed by atoms with Gasteiger partial charge in [0.25, 0.3) is 0 Å². The molecular weight excluding hydrogens is 352 g/mol. The van der Waals surface area contributed by atoms with Gasteiger partial charge in [-0.1, -0.05) is 39.3 Å². The van der Waals surface area contributed by atoms with Gasteiger partial charge in [-0.15, -0.1) is 0 Å². The summed E-state index contributed by atoms with van der Waals surface area (Å²) in [5, 5.41) is 6.81. The van der Waals surface area contributed by atoms with Crippen molar-refractivity contribution >= 4 is 11.9 Å². The number of ether oxygens (including phenoxy) is 1. The van der Waals surface area contributed by atoms with E-state index in [4.69, 9.17) is 4.74 Å². The first-order valence-electron chi connectivity index (χ1n) is 10.5. The lowest BCUT2D eigenvalue weighted by molar-refractivity contribution is -0.133. The van der Waals surface area contributed by atoms with Gasteiger partial charge in [-0.05, 0) is 37.0 Å². The quantitative estimate of drug-likeness (QED) is 0.388. The first-order chi connectivity index (χ1) is 13.5. The minimum Gasteiger partial charge on any atom is -0.494 e. The molecule has 1 atom stereocenters. The van der Waals surface area contributed by atoms with Gasteiger partial charge in [-0.2, -0.15) is 0 Å². The number of nitrogens with zero attached hydrogens (tertiary/aromatic N) is 2. The lowest BCUT2D eigenvalue weighted by atomic mass is 10.1. The molecule has 1 aliphatic heterocycles. The van der Waals surface area contributed by atoms with Gasteiger partial charge in [0.15, 0.2) is 5.96 Å². The van der Waals surface area contributed by atoms with E-state index in [0.29, 0.717) is 0 Å². The monoisotopic (exact) mass is 388 g/mol. The Morgan fingerprint density at radius 1 is 1.32 bits per heavy atom. The summed E-state index contributed by atoms with van der Waals surface area (Å²) in [7, 11) is 1.78. The van der Waals surface area contributed by atoms with Crippen molar-refractivity contribution in [3.8, 4) is 5.75 Å². The first kappa shape index (κ1) is 22.1. The molecule has 0 saturated carbocycles. The van der Waals surface area contributed by atoms with Crippen molar-refractivity contribution in [2.24, 2.45) is 10.9 Å². The molecular formula is C22H36N4O2. The molecule has 0 aliphatic carbocycles. The molecule has 156 valence electrons. The largest absolute Gasteiger partial charge is 0.494 e. The van der Waals surface area contributed by atoms with Crippen LogP contribution in [-0.4, -0.2) is 56.1 Å². The van der Waals surface area contributed by atoms with E-state index in [2.05, 4.69) is 34.7 Å². The molecule has 2 N–H and O–H groups in total. The van der Waals surface area contributed by atoms with Crippen molar-refractivity contribution in [3.05, 3.63) is 29.8 Å². The summed E-state index contributed by atoms with van der Waals surface area (Å²) in [5.41, 5.74) is 1.26. The zero-order valence-corrected chi connectivity index (χ0v) is 17.8. The van der Waals surface area contributed by atoms with Crippen molar-refractivity contribution in [1.82, 2.24) is 15.5 Å². The molecule has 1 aromatic carbocycles. The summed E-state index contributed by atoms with van der Waals surface area (Å²) in [6, 6.07) is 8.57. The van der Waals surface area contributed by atoms with E-state index in [1.807, 2.05) is 30.9 Å². The predicted molar refractivity (Wildman–Crippen MR) is 115 cm³/mol. The highest BCUT2D eigenvalue weighted by Crippen LogP contribution is 2.14.